The van der Waals surface area contributed by atoms with Crippen LogP contribution in [0.4, 0.5) is 0 Å². The number of hydrogen-bond donors (Lipinski definition) is 2. The number of rotatable bonds is 4. The van der Waals surface area contributed by atoms with Crippen LogP contribution in [0.5, 0.6) is 0 Å². The minimum atomic E-state index is -0.939. The number of aliphatic carboxylic acids is 1. The number of benzene rings is 1. The molecule has 0 radical (unpaired) electrons. The van der Waals surface area contributed by atoms with Crippen LogP contribution in [0.2, 0.25) is 0 Å². The van der Waals surface area contributed by atoms with Gasteiger partial charge in [-0.1, -0.05) is 15.9 Å². The summed E-state index contributed by atoms with van der Waals surface area (Å²) in [7, 11) is 0. The Morgan fingerprint density at radius 1 is 1.27 bits per heavy atom. The summed E-state index contributed by atoms with van der Waals surface area (Å²) in [5.41, 5.74) is 1.96. The molecule has 2 N–H and O–H groups in total. The predicted octanol–water partition coefficient (Wildman–Crippen LogP) is 3.14. The largest absolute Gasteiger partial charge is 0.481 e. The Balaban J connectivity index is 2.39. The summed E-state index contributed by atoms with van der Waals surface area (Å²) in [4.78, 5) is 27.9. The van der Waals surface area contributed by atoms with Gasteiger partial charge >= 0.3 is 5.97 Å². The fraction of sp³-hybridized carbons (Fsp3) is 0.312. The van der Waals surface area contributed by atoms with Crippen molar-refractivity contribution in [2.45, 2.75) is 26.8 Å². The first-order valence-corrected chi connectivity index (χ1v) is 7.69. The third-order valence-corrected chi connectivity index (χ3v) is 4.13. The molecule has 0 bridgehead atoms. The molecule has 0 aliphatic rings. The molecular weight excluding hydrogens is 348 g/mol. The van der Waals surface area contributed by atoms with E-state index >= 15 is 0 Å². The van der Waals surface area contributed by atoms with Gasteiger partial charge in [-0.2, -0.15) is 0 Å². The fourth-order valence-corrected chi connectivity index (χ4v) is 2.50. The van der Waals surface area contributed by atoms with Crippen LogP contribution in [-0.4, -0.2) is 28.0 Å². The van der Waals surface area contributed by atoms with Crippen molar-refractivity contribution in [1.82, 2.24) is 10.3 Å². The number of pyridine rings is 1. The summed E-state index contributed by atoms with van der Waals surface area (Å²) in [5, 5.41) is 12.5. The van der Waals surface area contributed by atoms with Gasteiger partial charge in [0.2, 0.25) is 0 Å². The molecule has 0 aliphatic carbocycles. The molecule has 116 valence electrons. The van der Waals surface area contributed by atoms with Gasteiger partial charge in [0.05, 0.1) is 17.0 Å². The van der Waals surface area contributed by atoms with Gasteiger partial charge < -0.3 is 10.4 Å². The maximum absolute atomic E-state index is 12.5. The Hall–Kier alpha value is -1.95. The van der Waals surface area contributed by atoms with Crippen LogP contribution in [0.25, 0.3) is 10.9 Å². The number of fused-ring (bicyclic) bond motifs is 1. The van der Waals surface area contributed by atoms with Crippen molar-refractivity contribution in [3.8, 4) is 0 Å². The van der Waals surface area contributed by atoms with Crippen molar-refractivity contribution < 1.29 is 14.7 Å². The van der Waals surface area contributed by atoms with Crippen molar-refractivity contribution in [2.24, 2.45) is 5.92 Å². The van der Waals surface area contributed by atoms with Gasteiger partial charge in [-0.05, 0) is 45.0 Å². The van der Waals surface area contributed by atoms with Crippen LogP contribution >= 0.6 is 15.9 Å². The first kappa shape index (κ1) is 16.4. The van der Waals surface area contributed by atoms with Crippen LogP contribution in [0.15, 0.2) is 28.7 Å². The summed E-state index contributed by atoms with van der Waals surface area (Å²) in [5.74, 6) is -1.90. The lowest BCUT2D eigenvalue weighted by molar-refractivity contribution is -0.141. The molecule has 2 unspecified atom stereocenters. The number of amides is 1. The smallest absolute Gasteiger partial charge is 0.308 e. The molecule has 5 nitrogen and oxygen atoms in total. The van der Waals surface area contributed by atoms with Crippen LogP contribution in [0, 0.1) is 12.8 Å². The molecule has 22 heavy (non-hydrogen) atoms. The molecule has 1 aromatic carbocycles. The molecular formula is C16H17BrN2O3. The molecule has 2 rings (SSSR count). The lowest BCUT2D eigenvalue weighted by atomic mass is 10.0. The number of carbonyl (C=O) groups excluding carboxylic acids is 1. The van der Waals surface area contributed by atoms with E-state index in [4.69, 9.17) is 5.11 Å². The first-order chi connectivity index (χ1) is 10.3. The zero-order chi connectivity index (χ0) is 16.4. The highest BCUT2D eigenvalue weighted by Crippen LogP contribution is 2.23. The average molecular weight is 365 g/mol. The van der Waals surface area contributed by atoms with Gasteiger partial charge in [-0.25, -0.2) is 0 Å². The van der Waals surface area contributed by atoms with E-state index in [1.807, 2.05) is 25.1 Å². The van der Waals surface area contributed by atoms with Crippen molar-refractivity contribution in [2.75, 3.05) is 0 Å². The Kier molecular flexibility index (Phi) is 4.81. The van der Waals surface area contributed by atoms with Crippen molar-refractivity contribution in [3.05, 3.63) is 40.0 Å². The van der Waals surface area contributed by atoms with E-state index in [1.165, 1.54) is 0 Å². The molecule has 2 atom stereocenters. The van der Waals surface area contributed by atoms with Gasteiger partial charge in [-0.3, -0.25) is 14.6 Å². The molecule has 2 aromatic rings. The van der Waals surface area contributed by atoms with Gasteiger partial charge in [0.25, 0.3) is 5.91 Å². The Bertz CT molecular complexity index is 745. The van der Waals surface area contributed by atoms with E-state index in [2.05, 4.69) is 26.2 Å². The highest BCUT2D eigenvalue weighted by molar-refractivity contribution is 9.10. The lowest BCUT2D eigenvalue weighted by Crippen LogP contribution is -2.40. The van der Waals surface area contributed by atoms with E-state index in [0.717, 1.165) is 21.1 Å². The van der Waals surface area contributed by atoms with Gasteiger partial charge in [0.15, 0.2) is 0 Å². The van der Waals surface area contributed by atoms with Crippen LogP contribution in [0.1, 0.15) is 29.9 Å². The molecule has 0 spiro atoms. The van der Waals surface area contributed by atoms with Crippen LogP contribution < -0.4 is 5.32 Å². The van der Waals surface area contributed by atoms with Crippen molar-refractivity contribution >= 4 is 38.7 Å². The number of carboxylic acid groups (broad SMARTS) is 1. The van der Waals surface area contributed by atoms with Crippen molar-refractivity contribution in [1.29, 1.82) is 0 Å². The maximum atomic E-state index is 12.5. The van der Waals surface area contributed by atoms with Crippen LogP contribution in [0.3, 0.4) is 0 Å². The number of hydrogen-bond acceptors (Lipinski definition) is 3. The van der Waals surface area contributed by atoms with Gasteiger partial charge in [-0.15, -0.1) is 0 Å². The zero-order valence-corrected chi connectivity index (χ0v) is 14.1. The number of nitrogens with zero attached hydrogens (tertiary/aromatic N) is 1. The van der Waals surface area contributed by atoms with Crippen molar-refractivity contribution in [3.63, 3.8) is 0 Å². The second-order valence-corrected chi connectivity index (χ2v) is 6.28. The minimum Gasteiger partial charge on any atom is -0.481 e. The molecule has 0 aliphatic heterocycles. The molecule has 0 saturated carbocycles. The number of nitrogens with one attached hydrogen (secondary N) is 1. The summed E-state index contributed by atoms with van der Waals surface area (Å²) in [6, 6.07) is 6.78. The highest BCUT2D eigenvalue weighted by atomic mass is 79.9. The Labute approximate surface area is 136 Å². The minimum absolute atomic E-state index is 0.297. The SMILES string of the molecule is Cc1cc(C(=O)NC(C)C(C)C(=O)O)c2cc(Br)ccc2n1. The quantitative estimate of drug-likeness (QED) is 0.873. The van der Waals surface area contributed by atoms with Crippen LogP contribution in [-0.2, 0) is 4.79 Å². The molecule has 1 amide bonds. The third kappa shape index (κ3) is 3.44. The molecule has 0 fully saturated rings. The average Bonchev–Trinajstić information content (AvgIpc) is 2.45. The second kappa shape index (κ2) is 6.44. The summed E-state index contributed by atoms with van der Waals surface area (Å²) in [6.45, 7) is 5.07. The maximum Gasteiger partial charge on any atom is 0.308 e. The number of aryl methyl sites for hydroxylation is 1. The standard InChI is InChI=1S/C16H17BrN2O3/c1-8-6-13(12-7-11(17)4-5-14(12)18-8)15(20)19-10(3)9(2)16(21)22/h4-7,9-10H,1-3H3,(H,19,20)(H,21,22). The third-order valence-electron chi connectivity index (χ3n) is 3.64. The number of carbonyl (C=O) groups is 2. The Morgan fingerprint density at radius 2 is 1.95 bits per heavy atom. The number of halogens is 1. The summed E-state index contributed by atoms with van der Waals surface area (Å²) < 4.78 is 0.853. The zero-order valence-electron chi connectivity index (χ0n) is 12.6. The molecule has 1 aromatic heterocycles. The second-order valence-electron chi connectivity index (χ2n) is 5.36. The Morgan fingerprint density at radius 3 is 2.59 bits per heavy atom. The van der Waals surface area contributed by atoms with Gasteiger partial charge in [0, 0.05) is 21.6 Å². The highest BCUT2D eigenvalue weighted by Gasteiger charge is 2.22. The molecule has 0 saturated heterocycles. The number of aromatic nitrogens is 1. The van der Waals surface area contributed by atoms with Gasteiger partial charge in [0.1, 0.15) is 0 Å². The summed E-state index contributed by atoms with van der Waals surface area (Å²) in [6.07, 6.45) is 0. The topological polar surface area (TPSA) is 79.3 Å². The monoisotopic (exact) mass is 364 g/mol. The first-order valence-electron chi connectivity index (χ1n) is 6.90. The fourth-order valence-electron chi connectivity index (χ4n) is 2.14. The van der Waals surface area contributed by atoms with E-state index in [9.17, 15) is 9.59 Å². The van der Waals surface area contributed by atoms with E-state index in [1.54, 1.807) is 19.9 Å². The molecule has 1 heterocycles. The summed E-state index contributed by atoms with van der Waals surface area (Å²) >= 11 is 3.39. The predicted molar refractivity (Wildman–Crippen MR) is 87.9 cm³/mol. The van der Waals surface area contributed by atoms with E-state index in [0.29, 0.717) is 5.56 Å². The normalized spacial score (nSPS) is 13.6. The number of carboxylic acids is 1. The lowest BCUT2D eigenvalue weighted by Gasteiger charge is -2.18. The molecule has 6 heteroatoms. The van der Waals surface area contributed by atoms with E-state index in [-0.39, 0.29) is 5.91 Å². The van der Waals surface area contributed by atoms with E-state index < -0.39 is 17.9 Å².